The maximum absolute atomic E-state index is 9.28. The summed E-state index contributed by atoms with van der Waals surface area (Å²) in [5, 5.41) is 10.0. The molecule has 102 valence electrons. The second kappa shape index (κ2) is 5.27. The summed E-state index contributed by atoms with van der Waals surface area (Å²) in [6.07, 6.45) is 0. The number of fused-ring (bicyclic) bond motifs is 1. The molecule has 0 aliphatic carbocycles. The lowest BCUT2D eigenvalue weighted by molar-refractivity contribution is 0.282. The second-order valence-electron chi connectivity index (χ2n) is 4.82. The summed E-state index contributed by atoms with van der Waals surface area (Å²) in [6, 6.07) is 13.6. The normalized spacial score (nSPS) is 11.2. The molecule has 1 N–H and O–H groups in total. The molecule has 0 saturated heterocycles. The van der Waals surface area contributed by atoms with Crippen LogP contribution >= 0.6 is 11.6 Å². The number of hydrogen-bond donors (Lipinski definition) is 1. The Morgan fingerprint density at radius 3 is 2.75 bits per heavy atom. The van der Waals surface area contributed by atoms with Gasteiger partial charge in [0.15, 0.2) is 0 Å². The topological polar surface area (TPSA) is 38.1 Å². The van der Waals surface area contributed by atoms with Crippen LogP contribution in [0.2, 0.25) is 5.02 Å². The number of imidazole rings is 1. The zero-order chi connectivity index (χ0) is 14.1. The van der Waals surface area contributed by atoms with Crippen molar-refractivity contribution in [2.24, 2.45) is 0 Å². The van der Waals surface area contributed by atoms with Crippen LogP contribution < -0.4 is 0 Å². The van der Waals surface area contributed by atoms with Crippen molar-refractivity contribution in [2.75, 3.05) is 0 Å². The number of hydrogen-bond acceptors (Lipinski definition) is 2. The molecule has 0 fully saturated rings. The lowest BCUT2D eigenvalue weighted by Gasteiger charge is -2.09. The van der Waals surface area contributed by atoms with Gasteiger partial charge in [0, 0.05) is 5.02 Å². The van der Waals surface area contributed by atoms with E-state index < -0.39 is 0 Å². The summed E-state index contributed by atoms with van der Waals surface area (Å²) in [4.78, 5) is 4.55. The lowest BCUT2D eigenvalue weighted by atomic mass is 10.2. The van der Waals surface area contributed by atoms with Crippen molar-refractivity contribution in [1.29, 1.82) is 0 Å². The Morgan fingerprint density at radius 2 is 2.00 bits per heavy atom. The number of aryl methyl sites for hydroxylation is 1. The number of aliphatic hydroxyl groups is 1. The van der Waals surface area contributed by atoms with Crippen LogP contribution in [0.4, 0.5) is 0 Å². The van der Waals surface area contributed by atoms with E-state index in [1.54, 1.807) is 0 Å². The van der Waals surface area contributed by atoms with Gasteiger partial charge in [0.1, 0.15) is 5.82 Å². The molecule has 0 radical (unpaired) electrons. The van der Waals surface area contributed by atoms with Gasteiger partial charge in [0.25, 0.3) is 0 Å². The number of nitrogens with zero attached hydrogens (tertiary/aromatic N) is 2. The van der Waals surface area contributed by atoms with Crippen molar-refractivity contribution in [3.8, 4) is 0 Å². The van der Waals surface area contributed by atoms with E-state index in [9.17, 15) is 5.11 Å². The van der Waals surface area contributed by atoms with E-state index in [-0.39, 0.29) is 6.61 Å². The molecule has 4 heteroatoms. The largest absolute Gasteiger partial charge is 0.392 e. The predicted octanol–water partition coefficient (Wildman–Crippen LogP) is 3.54. The maximum Gasteiger partial charge on any atom is 0.107 e. The van der Waals surface area contributed by atoms with E-state index in [4.69, 9.17) is 11.6 Å². The van der Waals surface area contributed by atoms with Gasteiger partial charge < -0.3 is 9.67 Å². The molecule has 0 atom stereocenters. The van der Waals surface area contributed by atoms with E-state index in [1.807, 2.05) is 49.4 Å². The van der Waals surface area contributed by atoms with Crippen LogP contribution in [0.3, 0.4) is 0 Å². The number of benzene rings is 2. The molecule has 0 saturated carbocycles. The quantitative estimate of drug-likeness (QED) is 0.800. The standard InChI is InChI=1S/C16H15ClN2O/c1-11-18-15-7-6-12(10-20)8-16(15)19(11)9-13-4-2-3-5-14(13)17/h2-8,20H,9-10H2,1H3. The summed E-state index contributed by atoms with van der Waals surface area (Å²) >= 11 is 6.23. The van der Waals surface area contributed by atoms with Crippen molar-refractivity contribution < 1.29 is 5.11 Å². The third-order valence-electron chi connectivity index (χ3n) is 3.47. The highest BCUT2D eigenvalue weighted by molar-refractivity contribution is 6.31. The molecular weight excluding hydrogens is 272 g/mol. The van der Waals surface area contributed by atoms with Gasteiger partial charge in [-0.25, -0.2) is 4.98 Å². The molecule has 3 aromatic rings. The van der Waals surface area contributed by atoms with E-state index in [0.29, 0.717) is 6.54 Å². The van der Waals surface area contributed by atoms with E-state index in [0.717, 1.165) is 33.0 Å². The Kier molecular flexibility index (Phi) is 3.47. The highest BCUT2D eigenvalue weighted by atomic mass is 35.5. The average molecular weight is 287 g/mol. The molecule has 0 amide bonds. The van der Waals surface area contributed by atoms with Gasteiger partial charge in [-0.05, 0) is 36.2 Å². The SMILES string of the molecule is Cc1nc2ccc(CO)cc2n1Cc1ccccc1Cl. The average Bonchev–Trinajstić information content (AvgIpc) is 2.77. The van der Waals surface area contributed by atoms with Crippen molar-refractivity contribution in [3.63, 3.8) is 0 Å². The maximum atomic E-state index is 9.28. The zero-order valence-corrected chi connectivity index (χ0v) is 11.9. The number of aliphatic hydroxyl groups excluding tert-OH is 1. The molecule has 0 unspecified atom stereocenters. The fourth-order valence-electron chi connectivity index (χ4n) is 2.38. The third-order valence-corrected chi connectivity index (χ3v) is 3.84. The summed E-state index contributed by atoms with van der Waals surface area (Å²) in [6.45, 7) is 2.69. The monoisotopic (exact) mass is 286 g/mol. The van der Waals surface area contributed by atoms with Gasteiger partial charge in [-0.3, -0.25) is 0 Å². The summed E-state index contributed by atoms with van der Waals surface area (Å²) < 4.78 is 2.12. The Bertz CT molecular complexity index is 764. The number of halogens is 1. The highest BCUT2D eigenvalue weighted by Crippen LogP contribution is 2.22. The van der Waals surface area contributed by atoms with Crippen LogP contribution in [0.15, 0.2) is 42.5 Å². The first-order valence-electron chi connectivity index (χ1n) is 6.49. The Balaban J connectivity index is 2.11. The fraction of sp³-hybridized carbons (Fsp3) is 0.188. The molecule has 0 aliphatic rings. The minimum atomic E-state index is 0.0340. The first-order chi connectivity index (χ1) is 9.69. The van der Waals surface area contributed by atoms with Crippen molar-refractivity contribution >= 4 is 22.6 Å². The van der Waals surface area contributed by atoms with E-state index in [2.05, 4.69) is 9.55 Å². The smallest absolute Gasteiger partial charge is 0.107 e. The first-order valence-corrected chi connectivity index (χ1v) is 6.87. The van der Waals surface area contributed by atoms with Crippen molar-refractivity contribution in [2.45, 2.75) is 20.1 Å². The van der Waals surface area contributed by atoms with Gasteiger partial charge in [-0.15, -0.1) is 0 Å². The van der Waals surface area contributed by atoms with Crippen LogP contribution in [0.1, 0.15) is 17.0 Å². The predicted molar refractivity (Wildman–Crippen MR) is 80.9 cm³/mol. The Labute approximate surface area is 122 Å². The second-order valence-corrected chi connectivity index (χ2v) is 5.22. The van der Waals surface area contributed by atoms with Gasteiger partial charge in [-0.2, -0.15) is 0 Å². The van der Waals surface area contributed by atoms with Gasteiger partial charge in [-0.1, -0.05) is 35.9 Å². The van der Waals surface area contributed by atoms with Gasteiger partial charge in [0.05, 0.1) is 24.2 Å². The summed E-state index contributed by atoms with van der Waals surface area (Å²) in [5.41, 5.74) is 3.91. The number of rotatable bonds is 3. The van der Waals surface area contributed by atoms with Gasteiger partial charge >= 0.3 is 0 Å². The lowest BCUT2D eigenvalue weighted by Crippen LogP contribution is -2.02. The van der Waals surface area contributed by atoms with Crippen molar-refractivity contribution in [3.05, 3.63) is 64.4 Å². The minimum absolute atomic E-state index is 0.0340. The molecule has 3 nitrogen and oxygen atoms in total. The van der Waals surface area contributed by atoms with Crippen molar-refractivity contribution in [1.82, 2.24) is 9.55 Å². The van der Waals surface area contributed by atoms with Crippen LogP contribution in [0, 0.1) is 6.92 Å². The van der Waals surface area contributed by atoms with Crippen LogP contribution in [0.5, 0.6) is 0 Å². The molecular formula is C16H15ClN2O. The zero-order valence-electron chi connectivity index (χ0n) is 11.2. The molecule has 0 bridgehead atoms. The minimum Gasteiger partial charge on any atom is -0.392 e. The molecule has 2 aromatic carbocycles. The Hall–Kier alpha value is -1.84. The van der Waals surface area contributed by atoms with Crippen LogP contribution in [0.25, 0.3) is 11.0 Å². The molecule has 0 spiro atoms. The van der Waals surface area contributed by atoms with Crippen LogP contribution in [-0.4, -0.2) is 14.7 Å². The molecule has 1 heterocycles. The highest BCUT2D eigenvalue weighted by Gasteiger charge is 2.10. The third kappa shape index (κ3) is 2.30. The van der Waals surface area contributed by atoms with Crippen LogP contribution in [-0.2, 0) is 13.2 Å². The Morgan fingerprint density at radius 1 is 1.20 bits per heavy atom. The molecule has 0 aliphatic heterocycles. The van der Waals surface area contributed by atoms with Gasteiger partial charge in [0.2, 0.25) is 0 Å². The van der Waals surface area contributed by atoms with E-state index in [1.165, 1.54) is 0 Å². The van der Waals surface area contributed by atoms with E-state index >= 15 is 0 Å². The number of aromatic nitrogens is 2. The summed E-state index contributed by atoms with van der Waals surface area (Å²) in [7, 11) is 0. The molecule has 3 rings (SSSR count). The first kappa shape index (κ1) is 13.2. The summed E-state index contributed by atoms with van der Waals surface area (Å²) in [5.74, 6) is 0.940. The molecule has 20 heavy (non-hydrogen) atoms. The fourth-order valence-corrected chi connectivity index (χ4v) is 2.58. The molecule has 1 aromatic heterocycles.